The van der Waals surface area contributed by atoms with Crippen LogP contribution >= 0.6 is 0 Å². The summed E-state index contributed by atoms with van der Waals surface area (Å²) in [5.41, 5.74) is 3.81. The Kier molecular flexibility index (Phi) is 17.3. The molecule has 1 amide bonds. The van der Waals surface area contributed by atoms with Gasteiger partial charge in [0.05, 0.1) is 31.4 Å². The Balaban J connectivity index is 1.54. The molecule has 57 heavy (non-hydrogen) atoms. The molecule has 1 aliphatic rings. The molecular formula is C44H53FN2O9S. The van der Waals surface area contributed by atoms with Crippen molar-refractivity contribution in [3.05, 3.63) is 101 Å². The quantitative estimate of drug-likeness (QED) is 0.0297. The van der Waals surface area contributed by atoms with Gasteiger partial charge in [0.1, 0.15) is 11.9 Å². The second kappa shape index (κ2) is 22.0. The predicted octanol–water partition coefficient (Wildman–Crippen LogP) is 7.14. The minimum Gasteiger partial charge on any atom is -0.465 e. The van der Waals surface area contributed by atoms with E-state index in [0.717, 1.165) is 30.2 Å². The fourth-order valence-electron chi connectivity index (χ4n) is 6.49. The number of unbranched alkanes of at least 4 members (excludes halogenated alkanes) is 2. The van der Waals surface area contributed by atoms with Crippen LogP contribution in [0.1, 0.15) is 107 Å². The third-order valence-electron chi connectivity index (χ3n) is 9.57. The summed E-state index contributed by atoms with van der Waals surface area (Å²) in [6, 6.07) is 20.4. The summed E-state index contributed by atoms with van der Waals surface area (Å²) >= 11 is 0. The van der Waals surface area contributed by atoms with Crippen molar-refractivity contribution >= 4 is 39.5 Å². The van der Waals surface area contributed by atoms with E-state index in [-0.39, 0.29) is 31.6 Å². The Morgan fingerprint density at radius 3 is 2.05 bits per heavy atom. The molecule has 0 aromatic heterocycles. The molecule has 306 valence electrons. The van der Waals surface area contributed by atoms with E-state index in [1.54, 1.807) is 17.0 Å². The molecule has 0 radical (unpaired) electrons. The summed E-state index contributed by atoms with van der Waals surface area (Å²) in [5.74, 6) is 2.09. The number of hydrogen-bond donors (Lipinski definition) is 1. The van der Waals surface area contributed by atoms with Crippen molar-refractivity contribution in [1.82, 2.24) is 4.72 Å². The van der Waals surface area contributed by atoms with Crippen LogP contribution in [-0.2, 0) is 49.8 Å². The number of amides is 1. The highest BCUT2D eigenvalue weighted by molar-refractivity contribution is 7.88. The number of sulfonamides is 1. The van der Waals surface area contributed by atoms with Gasteiger partial charge in [0.2, 0.25) is 15.9 Å². The predicted molar refractivity (Wildman–Crippen MR) is 215 cm³/mol. The van der Waals surface area contributed by atoms with Gasteiger partial charge in [-0.2, -0.15) is 0 Å². The Labute approximate surface area is 335 Å². The molecule has 1 N–H and O–H groups in total. The standard InChI is InChI=1S/C44H53FN2O9S/c1-5-7-29-54-43(50)39(44(51)55-30-8-6-2)13-9-11-32-14-18-35(19-15-32)41-38(26-27-40(56-31(3)48)34-20-22-36(45)23-21-34)42(49)47(41)37-24-16-33(17-25-37)12-10-28-46-57(4,52)53/h14-25,38-41,46H,5-8,10,12-13,26-30H2,1-4H3/t38?,40-,41+/m0/s1. The lowest BCUT2D eigenvalue weighted by atomic mass is 9.78. The summed E-state index contributed by atoms with van der Waals surface area (Å²) in [7, 11) is -3.27. The fourth-order valence-corrected chi connectivity index (χ4v) is 7.01. The van der Waals surface area contributed by atoms with E-state index in [2.05, 4.69) is 16.6 Å². The van der Waals surface area contributed by atoms with Gasteiger partial charge in [-0.3, -0.25) is 19.2 Å². The summed E-state index contributed by atoms with van der Waals surface area (Å²) in [4.78, 5) is 53.2. The van der Waals surface area contributed by atoms with E-state index in [1.165, 1.54) is 19.1 Å². The SMILES string of the molecule is CCCCOC(=O)C(CC#Cc1ccc([C@@H]2C(CC[C@H](OC(C)=O)c3ccc(F)cc3)C(=O)N2c2ccc(CCCNS(C)(=O)=O)cc2)cc1)C(=O)OCCCC. The average Bonchev–Trinajstić information content (AvgIpc) is 3.17. The zero-order valence-corrected chi connectivity index (χ0v) is 33.9. The first-order valence-electron chi connectivity index (χ1n) is 19.5. The number of ether oxygens (including phenoxy) is 3. The van der Waals surface area contributed by atoms with Gasteiger partial charge in [-0.05, 0) is 91.6 Å². The number of carbonyl (C=O) groups is 4. The molecule has 3 atom stereocenters. The lowest BCUT2D eigenvalue weighted by Gasteiger charge is -2.48. The van der Waals surface area contributed by atoms with E-state index in [4.69, 9.17) is 14.2 Å². The van der Waals surface area contributed by atoms with Crippen LogP contribution in [0.25, 0.3) is 0 Å². The number of benzene rings is 3. The van der Waals surface area contributed by atoms with Gasteiger partial charge in [-0.25, -0.2) is 17.5 Å². The highest BCUT2D eigenvalue weighted by atomic mass is 32.2. The molecule has 1 heterocycles. The van der Waals surface area contributed by atoms with Crippen molar-refractivity contribution < 1.29 is 46.2 Å². The van der Waals surface area contributed by atoms with Crippen LogP contribution in [0.2, 0.25) is 0 Å². The third-order valence-corrected chi connectivity index (χ3v) is 10.3. The van der Waals surface area contributed by atoms with Gasteiger partial charge in [0.25, 0.3) is 0 Å². The van der Waals surface area contributed by atoms with Gasteiger partial charge in [0, 0.05) is 31.1 Å². The minimum atomic E-state index is -3.27. The second-order valence-electron chi connectivity index (χ2n) is 14.1. The molecule has 1 unspecified atom stereocenters. The lowest BCUT2D eigenvalue weighted by Crippen LogP contribution is -2.55. The van der Waals surface area contributed by atoms with Crippen LogP contribution in [0.5, 0.6) is 0 Å². The fraction of sp³-hybridized carbons (Fsp3) is 0.455. The van der Waals surface area contributed by atoms with Crippen molar-refractivity contribution in [2.45, 2.75) is 90.7 Å². The first-order chi connectivity index (χ1) is 27.3. The molecule has 0 spiro atoms. The van der Waals surface area contributed by atoms with E-state index >= 15 is 0 Å². The van der Waals surface area contributed by atoms with Gasteiger partial charge in [0.15, 0.2) is 5.92 Å². The number of nitrogens with zero attached hydrogens (tertiary/aromatic N) is 1. The number of β-lactam (4-membered cyclic amide) rings is 1. The van der Waals surface area contributed by atoms with Crippen LogP contribution in [0.3, 0.4) is 0 Å². The third kappa shape index (κ3) is 13.8. The van der Waals surface area contributed by atoms with Gasteiger partial charge in [-0.15, -0.1) is 0 Å². The smallest absolute Gasteiger partial charge is 0.321 e. The maximum absolute atomic E-state index is 13.9. The zero-order chi connectivity index (χ0) is 41.4. The number of aryl methyl sites for hydroxylation is 1. The number of esters is 3. The van der Waals surface area contributed by atoms with Crippen molar-refractivity contribution in [2.24, 2.45) is 11.8 Å². The molecule has 1 saturated heterocycles. The average molecular weight is 805 g/mol. The molecule has 4 rings (SSSR count). The molecule has 0 saturated carbocycles. The molecule has 0 aliphatic carbocycles. The van der Waals surface area contributed by atoms with Crippen molar-refractivity contribution in [2.75, 3.05) is 30.9 Å². The molecule has 3 aromatic rings. The van der Waals surface area contributed by atoms with Crippen LogP contribution in [-0.4, -0.2) is 58.2 Å². The van der Waals surface area contributed by atoms with Crippen molar-refractivity contribution in [1.29, 1.82) is 0 Å². The first kappa shape index (κ1) is 44.7. The Bertz CT molecular complexity index is 1950. The van der Waals surface area contributed by atoms with E-state index < -0.39 is 51.7 Å². The molecule has 1 aliphatic heterocycles. The summed E-state index contributed by atoms with van der Waals surface area (Å²) in [6.45, 7) is 6.02. The number of anilines is 1. The molecule has 13 heteroatoms. The number of carbonyl (C=O) groups excluding carboxylic acids is 4. The molecule has 0 bridgehead atoms. The highest BCUT2D eigenvalue weighted by Crippen LogP contribution is 2.46. The maximum atomic E-state index is 13.9. The largest absolute Gasteiger partial charge is 0.465 e. The van der Waals surface area contributed by atoms with Crippen LogP contribution < -0.4 is 9.62 Å². The molecule has 3 aromatic carbocycles. The summed E-state index contributed by atoms with van der Waals surface area (Å²) < 4.78 is 55.3. The van der Waals surface area contributed by atoms with Crippen LogP contribution in [0, 0.1) is 29.5 Å². The summed E-state index contributed by atoms with van der Waals surface area (Å²) in [5, 5.41) is 0. The number of halogens is 1. The Morgan fingerprint density at radius 2 is 1.49 bits per heavy atom. The lowest BCUT2D eigenvalue weighted by molar-refractivity contribution is -0.162. The zero-order valence-electron chi connectivity index (χ0n) is 33.1. The van der Waals surface area contributed by atoms with Crippen LogP contribution in [0.15, 0.2) is 72.8 Å². The first-order valence-corrected chi connectivity index (χ1v) is 21.4. The van der Waals surface area contributed by atoms with Crippen LogP contribution in [0.4, 0.5) is 10.1 Å². The number of hydrogen-bond acceptors (Lipinski definition) is 9. The van der Waals surface area contributed by atoms with E-state index in [1.807, 2.05) is 62.4 Å². The minimum absolute atomic E-state index is 0.0631. The molecule has 11 nitrogen and oxygen atoms in total. The number of nitrogens with one attached hydrogen (secondary N) is 1. The Morgan fingerprint density at radius 1 is 0.877 bits per heavy atom. The number of rotatable bonds is 21. The highest BCUT2D eigenvalue weighted by Gasteiger charge is 2.48. The van der Waals surface area contributed by atoms with E-state index in [0.29, 0.717) is 61.9 Å². The van der Waals surface area contributed by atoms with Crippen molar-refractivity contribution in [3.63, 3.8) is 0 Å². The topological polar surface area (TPSA) is 145 Å². The molecular weight excluding hydrogens is 752 g/mol. The van der Waals surface area contributed by atoms with E-state index in [9.17, 15) is 32.0 Å². The second-order valence-corrected chi connectivity index (χ2v) is 16.0. The Hall–Kier alpha value is -5.06. The van der Waals surface area contributed by atoms with Gasteiger partial charge < -0.3 is 19.1 Å². The molecule has 1 fully saturated rings. The van der Waals surface area contributed by atoms with Crippen molar-refractivity contribution in [3.8, 4) is 11.8 Å². The van der Waals surface area contributed by atoms with Gasteiger partial charge >= 0.3 is 17.9 Å². The monoisotopic (exact) mass is 804 g/mol. The summed E-state index contributed by atoms with van der Waals surface area (Å²) in [6.07, 6.45) is 5.41. The maximum Gasteiger partial charge on any atom is 0.321 e. The normalized spacial score (nSPS) is 15.6. The van der Waals surface area contributed by atoms with Gasteiger partial charge in [-0.1, -0.05) is 74.9 Å².